The largest absolute Gasteiger partial charge is 0.409 e. The molecule has 2 aliphatic rings. The Balaban J connectivity index is 2.02. The van der Waals surface area contributed by atoms with Crippen LogP contribution in [0.1, 0.15) is 65.2 Å². The van der Waals surface area contributed by atoms with Gasteiger partial charge in [0.1, 0.15) is 5.41 Å². The van der Waals surface area contributed by atoms with E-state index in [-0.39, 0.29) is 11.7 Å². The molecule has 2 rings (SSSR count). The van der Waals surface area contributed by atoms with Crippen molar-refractivity contribution in [2.45, 2.75) is 65.2 Å². The summed E-state index contributed by atoms with van der Waals surface area (Å²) in [5, 5.41) is 12.0. The summed E-state index contributed by atoms with van der Waals surface area (Å²) in [4.78, 5) is 14.7. The van der Waals surface area contributed by atoms with E-state index in [9.17, 15) is 4.79 Å². The van der Waals surface area contributed by atoms with Gasteiger partial charge in [-0.05, 0) is 44.4 Å². The van der Waals surface area contributed by atoms with Crippen molar-refractivity contribution in [2.24, 2.45) is 21.7 Å². The monoisotopic (exact) mass is 295 g/mol. The normalized spacial score (nSPS) is 25.6. The molecule has 1 amide bonds. The predicted octanol–water partition coefficient (Wildman–Crippen LogP) is 2.72. The second-order valence-corrected chi connectivity index (χ2v) is 7.02. The summed E-state index contributed by atoms with van der Waals surface area (Å²) < 4.78 is 0. The molecule has 1 unspecified atom stereocenters. The van der Waals surface area contributed by atoms with Gasteiger partial charge in [-0.1, -0.05) is 31.3 Å². The van der Waals surface area contributed by atoms with E-state index >= 15 is 0 Å². The molecule has 1 spiro atoms. The Hall–Kier alpha value is -1.26. The molecule has 1 aliphatic carbocycles. The minimum absolute atomic E-state index is 0.00552. The van der Waals surface area contributed by atoms with Gasteiger partial charge in [-0.2, -0.15) is 0 Å². The van der Waals surface area contributed by atoms with E-state index in [4.69, 9.17) is 10.9 Å². The number of amidine groups is 1. The molecule has 3 N–H and O–H groups in total. The average Bonchev–Trinajstić information content (AvgIpc) is 2.54. The van der Waals surface area contributed by atoms with Gasteiger partial charge in [-0.15, -0.1) is 0 Å². The molecule has 1 aliphatic heterocycles. The smallest absolute Gasteiger partial charge is 0.236 e. The number of hydrogen-bond acceptors (Lipinski definition) is 3. The summed E-state index contributed by atoms with van der Waals surface area (Å²) in [5.41, 5.74) is 5.36. The molecule has 2 fully saturated rings. The highest BCUT2D eigenvalue weighted by Crippen LogP contribution is 2.45. The molecule has 1 atom stereocenters. The van der Waals surface area contributed by atoms with E-state index in [0.717, 1.165) is 25.9 Å². The number of amides is 1. The Kier molecular flexibility index (Phi) is 4.79. The van der Waals surface area contributed by atoms with Crippen molar-refractivity contribution < 1.29 is 10.0 Å². The van der Waals surface area contributed by atoms with Gasteiger partial charge in [0.2, 0.25) is 5.91 Å². The van der Waals surface area contributed by atoms with Crippen LogP contribution in [-0.2, 0) is 4.79 Å². The number of nitrogens with two attached hydrogens (primary N) is 1. The zero-order chi connectivity index (χ0) is 15.5. The fraction of sp³-hybridized carbons (Fsp3) is 0.875. The number of oxime groups is 1. The van der Waals surface area contributed by atoms with Crippen LogP contribution in [0, 0.1) is 10.8 Å². The first-order valence-corrected chi connectivity index (χ1v) is 8.25. The molecule has 1 heterocycles. The van der Waals surface area contributed by atoms with E-state index in [0.29, 0.717) is 11.8 Å². The lowest BCUT2D eigenvalue weighted by molar-refractivity contribution is -0.140. The van der Waals surface area contributed by atoms with Crippen LogP contribution in [-0.4, -0.2) is 34.9 Å². The van der Waals surface area contributed by atoms with Crippen LogP contribution in [0.2, 0.25) is 0 Å². The molecule has 1 saturated carbocycles. The molecule has 0 aromatic heterocycles. The predicted molar refractivity (Wildman–Crippen MR) is 83.1 cm³/mol. The number of rotatable bonds is 3. The van der Waals surface area contributed by atoms with Crippen LogP contribution >= 0.6 is 0 Å². The van der Waals surface area contributed by atoms with Crippen molar-refractivity contribution >= 4 is 11.7 Å². The van der Waals surface area contributed by atoms with Gasteiger partial charge in [0.25, 0.3) is 0 Å². The highest BCUT2D eigenvalue weighted by atomic mass is 16.4. The van der Waals surface area contributed by atoms with E-state index in [1.807, 2.05) is 11.8 Å². The molecule has 120 valence electrons. The van der Waals surface area contributed by atoms with Crippen molar-refractivity contribution in [3.8, 4) is 0 Å². The minimum atomic E-state index is -0.883. The van der Waals surface area contributed by atoms with Gasteiger partial charge in [-0.3, -0.25) is 4.79 Å². The lowest BCUT2D eigenvalue weighted by Gasteiger charge is -2.46. The third-order valence-corrected chi connectivity index (χ3v) is 5.88. The van der Waals surface area contributed by atoms with E-state index in [1.54, 1.807) is 6.92 Å². The van der Waals surface area contributed by atoms with Crippen LogP contribution in [0.25, 0.3) is 0 Å². The number of hydrogen-bond donors (Lipinski definition) is 2. The van der Waals surface area contributed by atoms with Crippen LogP contribution in [0.4, 0.5) is 0 Å². The molecule has 5 nitrogen and oxygen atoms in total. The molecule has 0 radical (unpaired) electrons. The van der Waals surface area contributed by atoms with Gasteiger partial charge in [0.05, 0.1) is 0 Å². The number of piperidine rings is 1. The van der Waals surface area contributed by atoms with Crippen molar-refractivity contribution in [1.82, 2.24) is 4.90 Å². The van der Waals surface area contributed by atoms with Crippen LogP contribution in [0.5, 0.6) is 0 Å². The van der Waals surface area contributed by atoms with Gasteiger partial charge >= 0.3 is 0 Å². The molecule has 0 aromatic carbocycles. The number of carbonyl (C=O) groups is 1. The molecule has 1 saturated heterocycles. The number of likely N-dealkylation sites (tertiary alicyclic amines) is 1. The maximum Gasteiger partial charge on any atom is 0.236 e. The lowest BCUT2D eigenvalue weighted by atomic mass is 9.68. The van der Waals surface area contributed by atoms with Crippen molar-refractivity contribution in [1.29, 1.82) is 0 Å². The van der Waals surface area contributed by atoms with Crippen molar-refractivity contribution in [2.75, 3.05) is 13.1 Å². The molecule has 0 aromatic rings. The fourth-order valence-corrected chi connectivity index (χ4v) is 3.89. The highest BCUT2D eigenvalue weighted by molar-refractivity contribution is 6.06. The molecule has 0 bridgehead atoms. The summed E-state index contributed by atoms with van der Waals surface area (Å²) >= 11 is 0. The molecular weight excluding hydrogens is 266 g/mol. The van der Waals surface area contributed by atoms with Crippen LogP contribution < -0.4 is 5.73 Å². The van der Waals surface area contributed by atoms with Gasteiger partial charge < -0.3 is 15.8 Å². The quantitative estimate of drug-likeness (QED) is 0.364. The summed E-state index contributed by atoms with van der Waals surface area (Å²) in [7, 11) is 0. The second-order valence-electron chi connectivity index (χ2n) is 7.02. The van der Waals surface area contributed by atoms with Crippen molar-refractivity contribution in [3.63, 3.8) is 0 Å². The molecule has 5 heteroatoms. The second kappa shape index (κ2) is 6.24. The highest BCUT2D eigenvalue weighted by Gasteiger charge is 2.43. The first-order valence-electron chi connectivity index (χ1n) is 8.25. The Labute approximate surface area is 127 Å². The lowest BCUT2D eigenvalue weighted by Crippen LogP contribution is -2.53. The van der Waals surface area contributed by atoms with Gasteiger partial charge in [0, 0.05) is 13.1 Å². The number of carbonyl (C=O) groups excluding carboxylic acids is 1. The van der Waals surface area contributed by atoms with E-state index in [2.05, 4.69) is 5.16 Å². The summed E-state index contributed by atoms with van der Waals surface area (Å²) in [5.74, 6) is 0.0268. The first kappa shape index (κ1) is 16.1. The fourth-order valence-electron chi connectivity index (χ4n) is 3.89. The van der Waals surface area contributed by atoms with Crippen LogP contribution in [0.3, 0.4) is 0 Å². The number of nitrogens with zero attached hydrogens (tertiary/aromatic N) is 2. The van der Waals surface area contributed by atoms with Gasteiger partial charge in [-0.25, -0.2) is 0 Å². The maximum absolute atomic E-state index is 12.8. The average molecular weight is 295 g/mol. The Morgan fingerprint density at radius 2 is 1.81 bits per heavy atom. The SMILES string of the molecule is CCC(C)(C(=O)N1CCC2(CCCCC2)CC1)C(N)=NO. The third kappa shape index (κ3) is 3.01. The minimum Gasteiger partial charge on any atom is -0.409 e. The topological polar surface area (TPSA) is 78.9 Å². The zero-order valence-corrected chi connectivity index (χ0v) is 13.4. The van der Waals surface area contributed by atoms with Crippen molar-refractivity contribution in [3.05, 3.63) is 0 Å². The summed E-state index contributed by atoms with van der Waals surface area (Å²) in [6, 6.07) is 0. The first-order chi connectivity index (χ1) is 9.97. The zero-order valence-electron chi connectivity index (χ0n) is 13.4. The summed E-state index contributed by atoms with van der Waals surface area (Å²) in [6.45, 7) is 5.30. The Morgan fingerprint density at radius 3 is 2.29 bits per heavy atom. The standard InChI is InChI=1S/C16H29N3O2/c1-3-15(2,13(17)18-21)14(20)19-11-9-16(10-12-19)7-5-4-6-8-16/h21H,3-12H2,1-2H3,(H2,17,18). The maximum atomic E-state index is 12.8. The van der Waals surface area contributed by atoms with Crippen LogP contribution in [0.15, 0.2) is 5.16 Å². The molecule has 21 heavy (non-hydrogen) atoms. The Morgan fingerprint density at radius 1 is 1.24 bits per heavy atom. The molecular formula is C16H29N3O2. The Bertz CT molecular complexity index is 406. The van der Waals surface area contributed by atoms with Gasteiger partial charge in [0.15, 0.2) is 5.84 Å². The summed E-state index contributed by atoms with van der Waals surface area (Å²) in [6.07, 6.45) is 9.44. The third-order valence-electron chi connectivity index (χ3n) is 5.88. The van der Waals surface area contributed by atoms with E-state index in [1.165, 1.54) is 32.1 Å². The van der Waals surface area contributed by atoms with E-state index < -0.39 is 5.41 Å².